The van der Waals surface area contributed by atoms with Gasteiger partial charge in [-0.15, -0.1) is 0 Å². The summed E-state index contributed by atoms with van der Waals surface area (Å²) in [7, 11) is 1.75. The van der Waals surface area contributed by atoms with Gasteiger partial charge in [0.1, 0.15) is 6.54 Å². The third kappa shape index (κ3) is 2.86. The monoisotopic (exact) mass is 241 g/mol. The molecule has 0 N–H and O–H groups in total. The van der Waals surface area contributed by atoms with Crippen LogP contribution in [0.1, 0.15) is 17.0 Å². The van der Waals surface area contributed by atoms with Crippen LogP contribution in [0.25, 0.3) is 0 Å². The number of rotatable bonds is 4. The van der Waals surface area contributed by atoms with E-state index in [1.165, 1.54) is 9.48 Å². The molecule has 0 radical (unpaired) electrons. The molecular weight excluding hydrogens is 228 g/mol. The van der Waals surface area contributed by atoms with E-state index in [-0.39, 0.29) is 6.54 Å². The smallest absolute Gasteiger partial charge is 0.257 e. The summed E-state index contributed by atoms with van der Waals surface area (Å²) in [6, 6.07) is 0. The molecule has 7 heteroatoms. The first-order valence-corrected chi connectivity index (χ1v) is 5.21. The quantitative estimate of drug-likeness (QED) is 0.807. The lowest BCUT2D eigenvalue weighted by Gasteiger charge is -1.98. The third-order valence-corrected chi connectivity index (χ3v) is 2.36. The van der Waals surface area contributed by atoms with Crippen molar-refractivity contribution in [2.75, 3.05) is 0 Å². The Labute approximate surface area is 97.0 Å². The summed E-state index contributed by atoms with van der Waals surface area (Å²) < 4.78 is 25.5. The van der Waals surface area contributed by atoms with Crippen molar-refractivity contribution in [1.29, 1.82) is 0 Å². The standard InChI is InChI=1S/C10H13F2N5/c1-7-9(15-16(2)14-7)3-8-4-13-17(5-8)6-10(11)12/h4-5,10H,3,6H2,1-2H3. The van der Waals surface area contributed by atoms with Crippen molar-refractivity contribution in [3.05, 3.63) is 29.3 Å². The van der Waals surface area contributed by atoms with Gasteiger partial charge in [0.25, 0.3) is 6.43 Å². The number of aromatic nitrogens is 5. The fraction of sp³-hybridized carbons (Fsp3) is 0.500. The molecule has 92 valence electrons. The molecule has 0 aliphatic carbocycles. The second kappa shape index (κ2) is 4.60. The van der Waals surface area contributed by atoms with Gasteiger partial charge in [0, 0.05) is 19.7 Å². The van der Waals surface area contributed by atoms with Crippen LogP contribution >= 0.6 is 0 Å². The van der Waals surface area contributed by atoms with Crippen molar-refractivity contribution in [3.8, 4) is 0 Å². The molecule has 2 heterocycles. The number of aryl methyl sites for hydroxylation is 2. The van der Waals surface area contributed by atoms with E-state index in [0.717, 1.165) is 17.0 Å². The van der Waals surface area contributed by atoms with Gasteiger partial charge in [0.05, 0.1) is 17.6 Å². The summed E-state index contributed by atoms with van der Waals surface area (Å²) in [5.41, 5.74) is 2.53. The normalized spacial score (nSPS) is 11.4. The van der Waals surface area contributed by atoms with E-state index in [2.05, 4.69) is 15.3 Å². The molecule has 2 aromatic rings. The van der Waals surface area contributed by atoms with Crippen LogP contribution in [0.2, 0.25) is 0 Å². The first-order chi connectivity index (χ1) is 8.04. The van der Waals surface area contributed by atoms with Crippen LogP contribution in [0.15, 0.2) is 12.4 Å². The van der Waals surface area contributed by atoms with Gasteiger partial charge in [0.15, 0.2) is 0 Å². The van der Waals surface area contributed by atoms with Gasteiger partial charge in [0.2, 0.25) is 0 Å². The van der Waals surface area contributed by atoms with Crippen LogP contribution in [0.5, 0.6) is 0 Å². The lowest BCUT2D eigenvalue weighted by atomic mass is 10.2. The molecule has 0 spiro atoms. The molecule has 0 saturated carbocycles. The third-order valence-electron chi connectivity index (χ3n) is 2.36. The lowest BCUT2D eigenvalue weighted by molar-refractivity contribution is 0.122. The Morgan fingerprint density at radius 3 is 2.71 bits per heavy atom. The van der Waals surface area contributed by atoms with Crippen LogP contribution in [-0.4, -0.2) is 31.2 Å². The SMILES string of the molecule is Cc1nn(C)nc1Cc1cnn(CC(F)F)c1. The van der Waals surface area contributed by atoms with E-state index in [0.29, 0.717) is 6.42 Å². The Morgan fingerprint density at radius 1 is 1.35 bits per heavy atom. The largest absolute Gasteiger partial charge is 0.267 e. The highest BCUT2D eigenvalue weighted by atomic mass is 19.3. The van der Waals surface area contributed by atoms with E-state index in [1.807, 2.05) is 6.92 Å². The van der Waals surface area contributed by atoms with Gasteiger partial charge < -0.3 is 0 Å². The number of halogens is 2. The van der Waals surface area contributed by atoms with E-state index in [1.54, 1.807) is 19.4 Å². The van der Waals surface area contributed by atoms with Crippen LogP contribution in [0.3, 0.4) is 0 Å². The molecule has 0 aromatic carbocycles. The van der Waals surface area contributed by atoms with Crippen molar-refractivity contribution >= 4 is 0 Å². The van der Waals surface area contributed by atoms with Gasteiger partial charge >= 0.3 is 0 Å². The van der Waals surface area contributed by atoms with Gasteiger partial charge in [-0.1, -0.05) is 0 Å². The first-order valence-electron chi connectivity index (χ1n) is 5.21. The Balaban J connectivity index is 2.08. The minimum Gasteiger partial charge on any atom is -0.267 e. The average Bonchev–Trinajstić information content (AvgIpc) is 2.74. The summed E-state index contributed by atoms with van der Waals surface area (Å²) in [6.07, 6.45) is 1.36. The minimum absolute atomic E-state index is 0.376. The highest BCUT2D eigenvalue weighted by Crippen LogP contribution is 2.09. The zero-order chi connectivity index (χ0) is 12.4. The summed E-state index contributed by atoms with van der Waals surface area (Å²) in [4.78, 5) is 1.49. The lowest BCUT2D eigenvalue weighted by Crippen LogP contribution is -2.06. The van der Waals surface area contributed by atoms with Crippen LogP contribution in [0, 0.1) is 6.92 Å². The summed E-state index contributed by atoms with van der Waals surface area (Å²) in [5, 5.41) is 12.2. The number of hydrogen-bond acceptors (Lipinski definition) is 3. The zero-order valence-electron chi connectivity index (χ0n) is 9.64. The number of hydrogen-bond donors (Lipinski definition) is 0. The van der Waals surface area contributed by atoms with Crippen LogP contribution < -0.4 is 0 Å². The van der Waals surface area contributed by atoms with Crippen molar-refractivity contribution in [1.82, 2.24) is 24.8 Å². The van der Waals surface area contributed by atoms with Crippen molar-refractivity contribution < 1.29 is 8.78 Å². The fourth-order valence-corrected chi connectivity index (χ4v) is 1.64. The molecule has 0 saturated heterocycles. The highest BCUT2D eigenvalue weighted by molar-refractivity contribution is 5.18. The topological polar surface area (TPSA) is 48.5 Å². The molecule has 0 fully saturated rings. The van der Waals surface area contributed by atoms with Crippen LogP contribution in [-0.2, 0) is 20.0 Å². The predicted molar refractivity (Wildman–Crippen MR) is 56.8 cm³/mol. The van der Waals surface area contributed by atoms with Crippen molar-refractivity contribution in [2.45, 2.75) is 26.3 Å². The van der Waals surface area contributed by atoms with Crippen molar-refractivity contribution in [2.24, 2.45) is 7.05 Å². The number of nitrogens with zero attached hydrogens (tertiary/aromatic N) is 5. The Hall–Kier alpha value is -1.79. The molecule has 0 unspecified atom stereocenters. The average molecular weight is 241 g/mol. The van der Waals surface area contributed by atoms with Gasteiger partial charge in [-0.2, -0.15) is 20.1 Å². The molecule has 5 nitrogen and oxygen atoms in total. The first kappa shape index (κ1) is 11.7. The molecule has 2 aromatic heterocycles. The zero-order valence-corrected chi connectivity index (χ0v) is 9.64. The second-order valence-corrected chi connectivity index (χ2v) is 3.86. The molecule has 0 atom stereocenters. The maximum atomic E-state index is 12.1. The molecule has 17 heavy (non-hydrogen) atoms. The predicted octanol–water partition coefficient (Wildman–Crippen LogP) is 1.18. The minimum atomic E-state index is -2.39. The van der Waals surface area contributed by atoms with Gasteiger partial charge in [-0.05, 0) is 12.5 Å². The summed E-state index contributed by atoms with van der Waals surface area (Å²) in [5.74, 6) is 0. The molecular formula is C10H13F2N5. The van der Waals surface area contributed by atoms with E-state index in [9.17, 15) is 8.78 Å². The Morgan fingerprint density at radius 2 is 2.12 bits per heavy atom. The summed E-state index contributed by atoms with van der Waals surface area (Å²) >= 11 is 0. The molecule has 0 aliphatic rings. The highest BCUT2D eigenvalue weighted by Gasteiger charge is 2.09. The maximum Gasteiger partial charge on any atom is 0.257 e. The van der Waals surface area contributed by atoms with Crippen LogP contribution in [0.4, 0.5) is 8.78 Å². The Kier molecular flexibility index (Phi) is 3.16. The van der Waals surface area contributed by atoms with E-state index in [4.69, 9.17) is 0 Å². The molecule has 0 bridgehead atoms. The number of alkyl halides is 2. The fourth-order valence-electron chi connectivity index (χ4n) is 1.64. The van der Waals surface area contributed by atoms with E-state index >= 15 is 0 Å². The van der Waals surface area contributed by atoms with Gasteiger partial charge in [-0.3, -0.25) is 4.68 Å². The Bertz CT molecular complexity index is 503. The molecule has 0 amide bonds. The maximum absolute atomic E-state index is 12.1. The molecule has 0 aliphatic heterocycles. The summed E-state index contributed by atoms with van der Waals surface area (Å²) in [6.45, 7) is 1.49. The molecule has 2 rings (SSSR count). The second-order valence-electron chi connectivity index (χ2n) is 3.86. The van der Waals surface area contributed by atoms with Crippen molar-refractivity contribution in [3.63, 3.8) is 0 Å². The van der Waals surface area contributed by atoms with Gasteiger partial charge in [-0.25, -0.2) is 8.78 Å². The van der Waals surface area contributed by atoms with E-state index < -0.39 is 6.43 Å².